The van der Waals surface area contributed by atoms with E-state index in [1.807, 2.05) is 36.0 Å². The van der Waals surface area contributed by atoms with Crippen molar-refractivity contribution in [2.75, 3.05) is 26.8 Å². The van der Waals surface area contributed by atoms with E-state index in [9.17, 15) is 9.59 Å². The van der Waals surface area contributed by atoms with Crippen LogP contribution < -0.4 is 0 Å². The third-order valence-electron chi connectivity index (χ3n) is 5.16. The number of halogens is 1. The Labute approximate surface area is 193 Å². The van der Waals surface area contributed by atoms with E-state index in [4.69, 9.17) is 20.8 Å². The summed E-state index contributed by atoms with van der Waals surface area (Å²) < 4.78 is 12.6. The zero-order valence-electron chi connectivity index (χ0n) is 18.4. The lowest BCUT2D eigenvalue weighted by Gasteiger charge is -2.27. The fraction of sp³-hybridized carbons (Fsp3) is 0.333. The molecule has 0 N–H and O–H groups in total. The minimum absolute atomic E-state index is 0.0453. The van der Waals surface area contributed by atoms with E-state index in [1.54, 1.807) is 53.5 Å². The Kier molecular flexibility index (Phi) is 8.53. The quantitative estimate of drug-likeness (QED) is 0.408. The molecule has 0 fully saturated rings. The van der Waals surface area contributed by atoms with Crippen molar-refractivity contribution in [2.45, 2.75) is 19.5 Å². The van der Waals surface area contributed by atoms with Crippen LogP contribution in [-0.2, 0) is 29.7 Å². The largest absolute Gasteiger partial charge is 0.467 e. The van der Waals surface area contributed by atoms with Crippen LogP contribution in [0.15, 0.2) is 65.4 Å². The van der Waals surface area contributed by atoms with Gasteiger partial charge in [-0.25, -0.2) is 0 Å². The number of nitrogens with zero attached hydrogens (tertiary/aromatic N) is 3. The molecule has 0 aliphatic heterocycles. The minimum atomic E-state index is -0.220. The van der Waals surface area contributed by atoms with Crippen molar-refractivity contribution < 1.29 is 18.7 Å². The Balaban J connectivity index is 1.78. The summed E-state index contributed by atoms with van der Waals surface area (Å²) in [5.41, 5.74) is 1.47. The number of aromatic nitrogens is 1. The number of aryl methyl sites for hydroxylation is 1. The summed E-state index contributed by atoms with van der Waals surface area (Å²) in [7, 11) is 3.55. The molecule has 0 saturated heterocycles. The molecule has 2 amide bonds. The van der Waals surface area contributed by atoms with E-state index in [0.717, 1.165) is 5.69 Å². The van der Waals surface area contributed by atoms with Crippen molar-refractivity contribution in [1.82, 2.24) is 14.4 Å². The standard InChI is InChI=1S/C24H28ClN3O4/c1-26-12-3-6-21(26)16-28(17-22-7-4-15-32-22)23(29)18-27(13-5-14-31-2)24(30)19-8-10-20(25)11-9-19/h3-4,6-12,15H,5,13-14,16-18H2,1-2H3. The first-order valence-electron chi connectivity index (χ1n) is 10.4. The Hall–Kier alpha value is -3.03. The number of ether oxygens (including phenoxy) is 1. The number of furan rings is 1. The fourth-order valence-electron chi connectivity index (χ4n) is 3.37. The summed E-state index contributed by atoms with van der Waals surface area (Å²) in [5, 5.41) is 0.552. The maximum atomic E-state index is 13.4. The Morgan fingerprint density at radius 2 is 1.84 bits per heavy atom. The minimum Gasteiger partial charge on any atom is -0.467 e. The number of amides is 2. The van der Waals surface area contributed by atoms with Gasteiger partial charge in [0.25, 0.3) is 5.91 Å². The summed E-state index contributed by atoms with van der Waals surface area (Å²) in [5.74, 6) is 0.299. The highest BCUT2D eigenvalue weighted by Crippen LogP contribution is 2.15. The molecule has 2 aromatic heterocycles. The second kappa shape index (κ2) is 11.5. The molecular weight excluding hydrogens is 430 g/mol. The van der Waals surface area contributed by atoms with E-state index >= 15 is 0 Å². The molecule has 0 unspecified atom stereocenters. The molecule has 170 valence electrons. The van der Waals surface area contributed by atoms with Gasteiger partial charge in [-0.05, 0) is 55.0 Å². The Bertz CT molecular complexity index is 999. The predicted octanol–water partition coefficient (Wildman–Crippen LogP) is 3.98. The van der Waals surface area contributed by atoms with E-state index in [0.29, 0.717) is 49.0 Å². The maximum absolute atomic E-state index is 13.4. The average molecular weight is 458 g/mol. The molecule has 0 bridgehead atoms. The molecule has 3 aromatic rings. The summed E-state index contributed by atoms with van der Waals surface area (Å²) in [6, 6.07) is 14.2. The molecule has 0 radical (unpaired) electrons. The highest BCUT2D eigenvalue weighted by Gasteiger charge is 2.23. The average Bonchev–Trinajstić information content (AvgIpc) is 3.44. The predicted molar refractivity (Wildman–Crippen MR) is 122 cm³/mol. The fourth-order valence-corrected chi connectivity index (χ4v) is 3.50. The molecule has 0 spiro atoms. The topological polar surface area (TPSA) is 67.9 Å². The number of hydrogen-bond acceptors (Lipinski definition) is 4. The van der Waals surface area contributed by atoms with Crippen molar-refractivity contribution in [1.29, 1.82) is 0 Å². The number of rotatable bonds is 11. The molecule has 0 aliphatic carbocycles. The Morgan fingerprint density at radius 3 is 2.47 bits per heavy atom. The first kappa shape index (κ1) is 23.6. The van der Waals surface area contributed by atoms with Gasteiger partial charge in [0, 0.05) is 49.8 Å². The molecule has 3 rings (SSSR count). The van der Waals surface area contributed by atoms with Crippen molar-refractivity contribution in [2.24, 2.45) is 7.05 Å². The first-order chi connectivity index (χ1) is 15.5. The van der Waals surface area contributed by atoms with Crippen LogP contribution in [0.1, 0.15) is 28.2 Å². The highest BCUT2D eigenvalue weighted by atomic mass is 35.5. The van der Waals surface area contributed by atoms with Crippen LogP contribution in [0, 0.1) is 0 Å². The SMILES string of the molecule is COCCCN(CC(=O)N(Cc1ccco1)Cc1cccn1C)C(=O)c1ccc(Cl)cc1. The van der Waals surface area contributed by atoms with Crippen LogP contribution in [0.2, 0.25) is 5.02 Å². The van der Waals surface area contributed by atoms with Gasteiger partial charge in [0.05, 0.1) is 19.4 Å². The van der Waals surface area contributed by atoms with Gasteiger partial charge in [0.15, 0.2) is 0 Å². The van der Waals surface area contributed by atoms with Gasteiger partial charge >= 0.3 is 0 Å². The third kappa shape index (κ3) is 6.48. The first-order valence-corrected chi connectivity index (χ1v) is 10.8. The lowest BCUT2D eigenvalue weighted by atomic mass is 10.2. The summed E-state index contributed by atoms with van der Waals surface area (Å²) in [4.78, 5) is 29.8. The van der Waals surface area contributed by atoms with Gasteiger partial charge in [0.2, 0.25) is 5.91 Å². The number of hydrogen-bond donors (Lipinski definition) is 0. The molecule has 2 heterocycles. The zero-order chi connectivity index (χ0) is 22.9. The molecule has 1 aromatic carbocycles. The summed E-state index contributed by atoms with van der Waals surface area (Å²) >= 11 is 5.96. The van der Waals surface area contributed by atoms with Crippen LogP contribution in [0.5, 0.6) is 0 Å². The molecule has 8 heteroatoms. The Morgan fingerprint density at radius 1 is 1.06 bits per heavy atom. The van der Waals surface area contributed by atoms with Gasteiger partial charge in [-0.15, -0.1) is 0 Å². The van der Waals surface area contributed by atoms with E-state index in [2.05, 4.69) is 0 Å². The molecule has 32 heavy (non-hydrogen) atoms. The second-order valence-corrected chi connectivity index (χ2v) is 7.96. The zero-order valence-corrected chi connectivity index (χ0v) is 19.1. The maximum Gasteiger partial charge on any atom is 0.254 e. The van der Waals surface area contributed by atoms with Gasteiger partial charge in [-0.1, -0.05) is 11.6 Å². The van der Waals surface area contributed by atoms with Crippen LogP contribution in [0.4, 0.5) is 0 Å². The molecule has 0 saturated carbocycles. The highest BCUT2D eigenvalue weighted by molar-refractivity contribution is 6.30. The summed E-state index contributed by atoms with van der Waals surface area (Å²) in [6.45, 7) is 1.58. The molecule has 0 aliphatic rings. The number of carbonyl (C=O) groups excluding carboxylic acids is 2. The smallest absolute Gasteiger partial charge is 0.254 e. The van der Waals surface area contributed by atoms with Crippen molar-refractivity contribution >= 4 is 23.4 Å². The number of benzene rings is 1. The van der Waals surface area contributed by atoms with Crippen LogP contribution in [-0.4, -0.2) is 53.0 Å². The van der Waals surface area contributed by atoms with Crippen LogP contribution in [0.25, 0.3) is 0 Å². The van der Waals surface area contributed by atoms with E-state index in [-0.39, 0.29) is 18.4 Å². The lowest BCUT2D eigenvalue weighted by Crippen LogP contribution is -2.43. The second-order valence-electron chi connectivity index (χ2n) is 7.52. The van der Waals surface area contributed by atoms with Crippen molar-refractivity contribution in [3.05, 3.63) is 83.0 Å². The van der Waals surface area contributed by atoms with Gasteiger partial charge in [-0.3, -0.25) is 9.59 Å². The van der Waals surface area contributed by atoms with Crippen LogP contribution >= 0.6 is 11.6 Å². The van der Waals surface area contributed by atoms with Gasteiger partial charge in [0.1, 0.15) is 12.3 Å². The van der Waals surface area contributed by atoms with E-state index < -0.39 is 0 Å². The molecular formula is C24H28ClN3O4. The van der Waals surface area contributed by atoms with Gasteiger partial charge < -0.3 is 23.5 Å². The molecule has 7 nitrogen and oxygen atoms in total. The van der Waals surface area contributed by atoms with Crippen LogP contribution in [0.3, 0.4) is 0 Å². The molecule has 0 atom stereocenters. The van der Waals surface area contributed by atoms with Gasteiger partial charge in [-0.2, -0.15) is 0 Å². The van der Waals surface area contributed by atoms with E-state index in [1.165, 1.54) is 0 Å². The normalized spacial score (nSPS) is 10.8. The number of carbonyl (C=O) groups is 2. The number of methoxy groups -OCH3 is 1. The van der Waals surface area contributed by atoms with Crippen molar-refractivity contribution in [3.8, 4) is 0 Å². The van der Waals surface area contributed by atoms with Crippen molar-refractivity contribution in [3.63, 3.8) is 0 Å². The third-order valence-corrected chi connectivity index (χ3v) is 5.42. The summed E-state index contributed by atoms with van der Waals surface area (Å²) in [6.07, 6.45) is 4.15. The monoisotopic (exact) mass is 457 g/mol. The lowest BCUT2D eigenvalue weighted by molar-refractivity contribution is -0.133.